The first kappa shape index (κ1) is 17.3. The maximum absolute atomic E-state index is 12.7. The number of alkyl halides is 3. The lowest BCUT2D eigenvalue weighted by atomic mass is 10.0. The zero-order valence-corrected chi connectivity index (χ0v) is 12.1. The van der Waals surface area contributed by atoms with Crippen molar-refractivity contribution in [3.05, 3.63) is 35.4 Å². The first-order valence-electron chi connectivity index (χ1n) is 7.04. The quantitative estimate of drug-likeness (QED) is 0.863. The third kappa shape index (κ3) is 4.69. The number of halogens is 3. The van der Waals surface area contributed by atoms with Gasteiger partial charge >= 0.3 is 12.1 Å². The van der Waals surface area contributed by atoms with Crippen LogP contribution >= 0.6 is 0 Å². The second-order valence-corrected chi connectivity index (χ2v) is 5.36. The second-order valence-electron chi connectivity index (χ2n) is 5.36. The molecule has 2 N–H and O–H groups in total. The summed E-state index contributed by atoms with van der Waals surface area (Å²) in [7, 11) is 0. The molecule has 0 aromatic heterocycles. The fourth-order valence-electron chi connectivity index (χ4n) is 2.34. The Kier molecular flexibility index (Phi) is 5.25. The molecule has 0 radical (unpaired) electrons. The van der Waals surface area contributed by atoms with Gasteiger partial charge in [-0.25, -0.2) is 4.79 Å². The fourth-order valence-corrected chi connectivity index (χ4v) is 2.34. The number of hydrogen-bond acceptors (Lipinski definition) is 3. The van der Waals surface area contributed by atoms with Crippen LogP contribution in [0.5, 0.6) is 0 Å². The van der Waals surface area contributed by atoms with Crippen LogP contribution in [0.4, 0.5) is 13.2 Å². The number of benzene rings is 1. The number of amides is 1. The Bertz CT molecular complexity index is 582. The average Bonchev–Trinajstić information content (AvgIpc) is 3.00. The first-order chi connectivity index (χ1) is 10.8. The molecule has 0 bridgehead atoms. The Morgan fingerprint density at radius 1 is 1.39 bits per heavy atom. The number of aliphatic carboxylic acids is 1. The van der Waals surface area contributed by atoms with E-state index in [1.807, 2.05) is 0 Å². The van der Waals surface area contributed by atoms with Crippen molar-refractivity contribution in [2.75, 3.05) is 13.2 Å². The van der Waals surface area contributed by atoms with E-state index in [2.05, 4.69) is 5.32 Å². The van der Waals surface area contributed by atoms with E-state index in [-0.39, 0.29) is 18.6 Å². The molecule has 23 heavy (non-hydrogen) atoms. The van der Waals surface area contributed by atoms with Gasteiger partial charge in [0.1, 0.15) is 6.04 Å². The predicted molar refractivity (Wildman–Crippen MR) is 73.6 cm³/mol. The molecule has 1 amide bonds. The van der Waals surface area contributed by atoms with E-state index in [0.29, 0.717) is 13.0 Å². The average molecular weight is 331 g/mol. The zero-order valence-electron chi connectivity index (χ0n) is 12.1. The van der Waals surface area contributed by atoms with E-state index in [4.69, 9.17) is 4.74 Å². The molecular weight excluding hydrogens is 315 g/mol. The van der Waals surface area contributed by atoms with Crippen LogP contribution in [0.3, 0.4) is 0 Å². The molecule has 1 aliphatic heterocycles. The summed E-state index contributed by atoms with van der Waals surface area (Å²) in [5.41, 5.74) is -0.662. The van der Waals surface area contributed by atoms with Crippen LogP contribution < -0.4 is 5.32 Å². The van der Waals surface area contributed by atoms with Crippen molar-refractivity contribution in [3.63, 3.8) is 0 Å². The molecule has 5 nitrogen and oxygen atoms in total. The smallest absolute Gasteiger partial charge is 0.416 e. The van der Waals surface area contributed by atoms with Gasteiger partial charge in [0.15, 0.2) is 0 Å². The molecule has 0 unspecified atom stereocenters. The van der Waals surface area contributed by atoms with Gasteiger partial charge in [0.05, 0.1) is 18.1 Å². The highest BCUT2D eigenvalue weighted by Gasteiger charge is 2.31. The van der Waals surface area contributed by atoms with Crippen molar-refractivity contribution in [3.8, 4) is 0 Å². The lowest BCUT2D eigenvalue weighted by molar-refractivity contribution is -0.142. The molecule has 1 heterocycles. The number of carboxylic acid groups (broad SMARTS) is 1. The van der Waals surface area contributed by atoms with E-state index in [1.54, 1.807) is 0 Å². The van der Waals surface area contributed by atoms with Crippen LogP contribution in [-0.4, -0.2) is 36.2 Å². The fraction of sp³-hybridized carbons (Fsp3) is 0.467. The molecule has 1 saturated heterocycles. The zero-order chi connectivity index (χ0) is 17.0. The molecule has 1 aromatic rings. The first-order valence-corrected chi connectivity index (χ1v) is 7.04. The van der Waals surface area contributed by atoms with Gasteiger partial charge in [-0.15, -0.1) is 0 Å². The summed E-state index contributed by atoms with van der Waals surface area (Å²) in [5.74, 6) is -2.17. The maximum Gasteiger partial charge on any atom is 0.416 e. The van der Waals surface area contributed by atoms with Gasteiger partial charge in [0, 0.05) is 13.0 Å². The van der Waals surface area contributed by atoms with Gasteiger partial charge in [-0.2, -0.15) is 13.2 Å². The van der Waals surface area contributed by atoms with Gasteiger partial charge in [0.25, 0.3) is 0 Å². The van der Waals surface area contributed by atoms with Crippen LogP contribution in [0.15, 0.2) is 24.3 Å². The molecule has 0 aliphatic carbocycles. The second kappa shape index (κ2) is 6.99. The van der Waals surface area contributed by atoms with E-state index in [9.17, 15) is 27.9 Å². The van der Waals surface area contributed by atoms with Crippen molar-refractivity contribution in [2.24, 2.45) is 5.92 Å². The number of hydrogen-bond donors (Lipinski definition) is 2. The van der Waals surface area contributed by atoms with Crippen molar-refractivity contribution >= 4 is 11.9 Å². The number of ether oxygens (including phenoxy) is 1. The molecule has 2 atom stereocenters. The SMILES string of the molecule is O=C(N[C@H](Cc1cccc(C(F)(F)F)c1)C(=O)O)[C@@H]1CCOC1. The Hall–Kier alpha value is -2.09. The summed E-state index contributed by atoms with van der Waals surface area (Å²) in [6.45, 7) is 0.658. The van der Waals surface area contributed by atoms with Crippen molar-refractivity contribution in [1.82, 2.24) is 5.32 Å². The van der Waals surface area contributed by atoms with Crippen LogP contribution in [-0.2, 0) is 26.9 Å². The molecule has 0 saturated carbocycles. The van der Waals surface area contributed by atoms with E-state index in [0.717, 1.165) is 12.1 Å². The highest BCUT2D eigenvalue weighted by Crippen LogP contribution is 2.29. The molecule has 126 valence electrons. The molecule has 2 rings (SSSR count). The largest absolute Gasteiger partial charge is 0.480 e. The summed E-state index contributed by atoms with van der Waals surface area (Å²) >= 11 is 0. The minimum atomic E-state index is -4.50. The summed E-state index contributed by atoms with van der Waals surface area (Å²) in [4.78, 5) is 23.2. The minimum Gasteiger partial charge on any atom is -0.480 e. The van der Waals surface area contributed by atoms with Crippen molar-refractivity contribution in [1.29, 1.82) is 0 Å². The summed E-state index contributed by atoms with van der Waals surface area (Å²) in [6.07, 6.45) is -4.22. The van der Waals surface area contributed by atoms with Gasteiger partial charge < -0.3 is 15.2 Å². The molecule has 1 fully saturated rings. The van der Waals surface area contributed by atoms with Crippen LogP contribution in [0.1, 0.15) is 17.5 Å². The highest BCUT2D eigenvalue weighted by molar-refractivity contribution is 5.85. The van der Waals surface area contributed by atoms with E-state index < -0.39 is 35.6 Å². The minimum absolute atomic E-state index is 0.190. The summed E-state index contributed by atoms with van der Waals surface area (Å²) in [6, 6.07) is 3.13. The number of carbonyl (C=O) groups is 2. The molecular formula is C15H16F3NO4. The maximum atomic E-state index is 12.7. The Labute approximate surface area is 130 Å². The van der Waals surface area contributed by atoms with Gasteiger partial charge in [0.2, 0.25) is 5.91 Å². The van der Waals surface area contributed by atoms with Crippen molar-refractivity contribution < 1.29 is 32.6 Å². The number of carboxylic acids is 1. The molecule has 1 aromatic carbocycles. The van der Waals surface area contributed by atoms with Gasteiger partial charge in [-0.05, 0) is 18.1 Å². The topological polar surface area (TPSA) is 75.6 Å². The van der Waals surface area contributed by atoms with Gasteiger partial charge in [-0.3, -0.25) is 4.79 Å². The van der Waals surface area contributed by atoms with Crippen molar-refractivity contribution in [2.45, 2.75) is 25.1 Å². The monoisotopic (exact) mass is 331 g/mol. The molecule has 1 aliphatic rings. The summed E-state index contributed by atoms with van der Waals surface area (Å²) < 4.78 is 43.1. The number of carbonyl (C=O) groups excluding carboxylic acids is 1. The van der Waals surface area contributed by atoms with Crippen LogP contribution in [0.25, 0.3) is 0 Å². The molecule has 8 heteroatoms. The lowest BCUT2D eigenvalue weighted by Crippen LogP contribution is -2.45. The molecule has 0 spiro atoms. The van der Waals surface area contributed by atoms with Crippen LogP contribution in [0, 0.1) is 5.92 Å². The third-order valence-electron chi connectivity index (χ3n) is 3.61. The normalized spacial score (nSPS) is 19.3. The highest BCUT2D eigenvalue weighted by atomic mass is 19.4. The van der Waals surface area contributed by atoms with E-state index in [1.165, 1.54) is 12.1 Å². The number of nitrogens with one attached hydrogen (secondary N) is 1. The Balaban J connectivity index is 2.07. The standard InChI is InChI=1S/C15H16F3NO4/c16-15(17,18)11-3-1-2-9(6-11)7-12(14(21)22)19-13(20)10-4-5-23-8-10/h1-3,6,10,12H,4-5,7-8H2,(H,19,20)(H,21,22)/t10-,12-/m1/s1. The summed E-state index contributed by atoms with van der Waals surface area (Å²) in [5, 5.41) is 11.6. The third-order valence-corrected chi connectivity index (χ3v) is 3.61. The lowest BCUT2D eigenvalue weighted by Gasteiger charge is -2.17. The Morgan fingerprint density at radius 3 is 2.70 bits per heavy atom. The number of rotatable bonds is 5. The van der Waals surface area contributed by atoms with E-state index >= 15 is 0 Å². The predicted octanol–water partition coefficient (Wildman–Crippen LogP) is 1.85. The van der Waals surface area contributed by atoms with Gasteiger partial charge in [-0.1, -0.05) is 18.2 Å². The Morgan fingerprint density at radius 2 is 2.13 bits per heavy atom. The van der Waals surface area contributed by atoms with Crippen LogP contribution in [0.2, 0.25) is 0 Å².